The van der Waals surface area contributed by atoms with E-state index in [1.165, 1.54) is 49.7 Å². The Bertz CT molecular complexity index is 1130. The molecule has 0 saturated heterocycles. The quantitative estimate of drug-likeness (QED) is 0.269. The van der Waals surface area contributed by atoms with Gasteiger partial charge in [-0.1, -0.05) is 99.5 Å². The highest BCUT2D eigenvalue weighted by atomic mass is 31.2. The summed E-state index contributed by atoms with van der Waals surface area (Å²) in [5, 5.41) is 5.71. The molecular weight excluding hydrogens is 445 g/mol. The van der Waals surface area contributed by atoms with Gasteiger partial charge in [0.2, 0.25) is 7.29 Å². The van der Waals surface area contributed by atoms with Gasteiger partial charge in [0.05, 0.1) is 0 Å². The summed E-state index contributed by atoms with van der Waals surface area (Å²) in [6, 6.07) is 31.0. The Morgan fingerprint density at radius 1 is 0.943 bits per heavy atom. The van der Waals surface area contributed by atoms with Crippen molar-refractivity contribution in [3.8, 4) is 0 Å². The summed E-state index contributed by atoms with van der Waals surface area (Å²) in [5.74, 6) is 1.34. The molecule has 0 unspecified atom stereocenters. The van der Waals surface area contributed by atoms with Gasteiger partial charge in [-0.3, -0.25) is 9.65 Å². The average Bonchev–Trinajstić information content (AvgIpc) is 3.84. The fourth-order valence-corrected chi connectivity index (χ4v) is 8.53. The van der Waals surface area contributed by atoms with E-state index in [0.717, 1.165) is 22.9 Å². The lowest BCUT2D eigenvalue weighted by Gasteiger charge is -2.34. The molecule has 35 heavy (non-hydrogen) atoms. The monoisotopic (exact) mass is 483 g/mol. The van der Waals surface area contributed by atoms with Crippen LogP contribution in [0.4, 0.5) is 0 Å². The van der Waals surface area contributed by atoms with Crippen LogP contribution < -0.4 is 15.7 Å². The maximum absolute atomic E-state index is 15.0. The van der Waals surface area contributed by atoms with Crippen molar-refractivity contribution in [3.05, 3.63) is 103 Å². The molecule has 2 nitrogen and oxygen atoms in total. The molecule has 0 aliphatic heterocycles. The van der Waals surface area contributed by atoms with Gasteiger partial charge in [-0.15, -0.1) is 0 Å². The Kier molecular flexibility index (Phi) is 7.14. The summed E-state index contributed by atoms with van der Waals surface area (Å²) in [6.07, 6.45) is 8.39. The van der Waals surface area contributed by atoms with E-state index < -0.39 is 7.29 Å². The Morgan fingerprint density at radius 3 is 2.00 bits per heavy atom. The minimum absolute atomic E-state index is 0.137. The van der Waals surface area contributed by atoms with Crippen molar-refractivity contribution in [2.75, 3.05) is 0 Å². The first-order valence-electron chi connectivity index (χ1n) is 13.3. The van der Waals surface area contributed by atoms with Gasteiger partial charge in [-0.2, -0.15) is 0 Å². The molecule has 2 aliphatic carbocycles. The van der Waals surface area contributed by atoms with Crippen molar-refractivity contribution in [3.63, 3.8) is 0 Å². The lowest BCUT2D eigenvalue weighted by molar-refractivity contribution is 0.327. The molecule has 0 spiro atoms. The Morgan fingerprint density at radius 2 is 1.49 bits per heavy atom. The third-order valence-electron chi connectivity index (χ3n) is 8.19. The van der Waals surface area contributed by atoms with Gasteiger partial charge >= 0.3 is 0 Å². The van der Waals surface area contributed by atoms with Gasteiger partial charge in [0.1, 0.15) is 0 Å². The van der Waals surface area contributed by atoms with Crippen molar-refractivity contribution in [2.45, 2.75) is 57.9 Å². The number of unbranched alkanes of at least 4 members (excludes halogenated alkanes) is 1. The number of benzene rings is 3. The highest BCUT2D eigenvalue weighted by Crippen LogP contribution is 2.63. The van der Waals surface area contributed by atoms with Gasteiger partial charge in [0.15, 0.2) is 0 Å². The Balaban J connectivity index is 1.48. The maximum Gasteiger partial charge on any atom is 0.204 e. The zero-order valence-electron chi connectivity index (χ0n) is 20.9. The van der Waals surface area contributed by atoms with Crippen LogP contribution in [0, 0.1) is 17.3 Å². The molecule has 5 rings (SSSR count). The van der Waals surface area contributed by atoms with Gasteiger partial charge in [-0.05, 0) is 78.3 Å². The molecule has 3 heteroatoms. The second-order valence-corrected chi connectivity index (χ2v) is 13.2. The second-order valence-electron chi connectivity index (χ2n) is 10.7. The van der Waals surface area contributed by atoms with Crippen LogP contribution in [0.5, 0.6) is 0 Å². The number of hydrogen-bond acceptors (Lipinski definition) is 1. The molecule has 3 atom stereocenters. The van der Waals surface area contributed by atoms with Crippen molar-refractivity contribution < 1.29 is 4.57 Å². The molecule has 182 valence electrons. The van der Waals surface area contributed by atoms with Gasteiger partial charge < -0.3 is 0 Å². The minimum atomic E-state index is -3.00. The lowest BCUT2D eigenvalue weighted by atomic mass is 9.84. The van der Waals surface area contributed by atoms with E-state index in [-0.39, 0.29) is 11.5 Å². The van der Waals surface area contributed by atoms with Crippen LogP contribution >= 0.6 is 7.29 Å². The fraction of sp³-hybridized carbons (Fsp3) is 0.375. The predicted molar refractivity (Wildman–Crippen MR) is 150 cm³/mol. The Labute approximate surface area is 211 Å². The summed E-state index contributed by atoms with van der Waals surface area (Å²) >= 11 is 0. The molecule has 0 bridgehead atoms. The van der Waals surface area contributed by atoms with Crippen LogP contribution in [-0.4, -0.2) is 6.04 Å². The predicted octanol–water partition coefficient (Wildman–Crippen LogP) is 7.58. The zero-order chi connectivity index (χ0) is 24.3. The summed E-state index contributed by atoms with van der Waals surface area (Å²) in [4.78, 5) is 0. The van der Waals surface area contributed by atoms with E-state index in [9.17, 15) is 4.57 Å². The fourth-order valence-electron chi connectivity index (χ4n) is 5.89. The molecule has 0 aromatic heterocycles. The van der Waals surface area contributed by atoms with Gasteiger partial charge in [0, 0.05) is 16.7 Å². The molecule has 1 N–H and O–H groups in total. The normalized spacial score (nSPS) is 21.3. The first-order chi connectivity index (χ1) is 17.1. The standard InChI is InChI=1S/C32H38NOP/c1-3-4-14-27-23-30(27)31(32(21-22-32)24-25(2)26-15-8-5-9-16-26)33-35(34,28-17-10-6-11-18-28)29-19-12-7-13-20-29/h5-13,15-20,27,30-31H,2-4,14,21-24H2,1H3,(H,33,34)/t27-,30-,31-/m1/s1. The van der Waals surface area contributed by atoms with E-state index in [2.05, 4.69) is 48.9 Å². The molecule has 2 fully saturated rings. The SMILES string of the molecule is C=C(CC1([C@H](NP(=O)(c2ccccc2)c2ccccc2)[C@@H]2C[C@H]2CCCC)CC1)c1ccccc1. The van der Waals surface area contributed by atoms with Crippen molar-refractivity contribution in [1.29, 1.82) is 0 Å². The molecule has 0 heterocycles. The van der Waals surface area contributed by atoms with Crippen molar-refractivity contribution >= 4 is 23.5 Å². The number of allylic oxidation sites excluding steroid dienone is 1. The van der Waals surface area contributed by atoms with Crippen LogP contribution in [0.25, 0.3) is 5.57 Å². The number of hydrogen-bond donors (Lipinski definition) is 1. The topological polar surface area (TPSA) is 29.1 Å². The van der Waals surface area contributed by atoms with E-state index in [1.807, 2.05) is 60.7 Å². The van der Waals surface area contributed by atoms with E-state index in [1.54, 1.807) is 0 Å². The summed E-state index contributed by atoms with van der Waals surface area (Å²) in [6.45, 7) is 6.77. The Hall–Kier alpha value is -2.41. The number of nitrogens with one attached hydrogen (secondary N) is 1. The zero-order valence-corrected chi connectivity index (χ0v) is 21.8. The molecular formula is C32H38NOP. The summed E-state index contributed by atoms with van der Waals surface area (Å²) in [5.41, 5.74) is 2.57. The van der Waals surface area contributed by atoms with Crippen LogP contribution in [0.15, 0.2) is 97.6 Å². The first-order valence-corrected chi connectivity index (χ1v) is 15.0. The summed E-state index contributed by atoms with van der Waals surface area (Å²) in [7, 11) is -3.00. The van der Waals surface area contributed by atoms with Gasteiger partial charge in [0.25, 0.3) is 0 Å². The third kappa shape index (κ3) is 5.25. The van der Waals surface area contributed by atoms with Crippen molar-refractivity contribution in [1.82, 2.24) is 5.09 Å². The first kappa shape index (κ1) is 24.3. The van der Waals surface area contributed by atoms with Crippen LogP contribution in [0.2, 0.25) is 0 Å². The number of rotatable bonds is 12. The average molecular weight is 484 g/mol. The lowest BCUT2D eigenvalue weighted by Crippen LogP contribution is -2.43. The van der Waals surface area contributed by atoms with Crippen LogP contribution in [0.3, 0.4) is 0 Å². The maximum atomic E-state index is 15.0. The molecule has 0 radical (unpaired) electrons. The van der Waals surface area contributed by atoms with E-state index in [4.69, 9.17) is 0 Å². The highest BCUT2D eigenvalue weighted by molar-refractivity contribution is 7.76. The molecule has 2 aliphatic rings. The van der Waals surface area contributed by atoms with Gasteiger partial charge in [-0.25, -0.2) is 0 Å². The molecule has 3 aromatic rings. The van der Waals surface area contributed by atoms with Crippen molar-refractivity contribution in [2.24, 2.45) is 17.3 Å². The highest BCUT2D eigenvalue weighted by Gasteiger charge is 2.58. The smallest absolute Gasteiger partial charge is 0.204 e. The minimum Gasteiger partial charge on any atom is -0.297 e. The molecule has 0 amide bonds. The molecule has 3 aromatic carbocycles. The van der Waals surface area contributed by atoms with E-state index in [0.29, 0.717) is 5.92 Å². The second kappa shape index (κ2) is 10.3. The van der Waals surface area contributed by atoms with Crippen LogP contribution in [-0.2, 0) is 4.57 Å². The molecule has 2 saturated carbocycles. The largest absolute Gasteiger partial charge is 0.297 e. The summed E-state index contributed by atoms with van der Waals surface area (Å²) < 4.78 is 15.0. The van der Waals surface area contributed by atoms with E-state index >= 15 is 0 Å². The van der Waals surface area contributed by atoms with Crippen LogP contribution in [0.1, 0.15) is 57.4 Å². The third-order valence-corrected chi connectivity index (χ3v) is 10.9.